The smallest absolute Gasteiger partial charge is 0.265 e. The summed E-state index contributed by atoms with van der Waals surface area (Å²) < 4.78 is 64.7. The fourth-order valence-corrected chi connectivity index (χ4v) is 3.70. The molecule has 0 fully saturated rings. The minimum absolute atomic E-state index is 0.0528. The summed E-state index contributed by atoms with van der Waals surface area (Å²) in [5, 5.41) is -0.0528. The van der Waals surface area contributed by atoms with Crippen molar-refractivity contribution in [1.82, 2.24) is 9.71 Å². The van der Waals surface area contributed by atoms with Gasteiger partial charge in [0.25, 0.3) is 10.0 Å². The molecule has 1 aliphatic heterocycles. The van der Waals surface area contributed by atoms with Crippen molar-refractivity contribution < 1.29 is 21.6 Å². The van der Waals surface area contributed by atoms with Crippen LogP contribution >= 0.6 is 0 Å². The first-order valence-electron chi connectivity index (χ1n) is 7.42. The van der Waals surface area contributed by atoms with Crippen molar-refractivity contribution in [3.8, 4) is 0 Å². The lowest BCUT2D eigenvalue weighted by atomic mass is 10.1. The van der Waals surface area contributed by atoms with Gasteiger partial charge in [0.05, 0.1) is 17.8 Å². The molecule has 0 saturated carbocycles. The molecule has 0 radical (unpaired) electrons. The van der Waals surface area contributed by atoms with Crippen LogP contribution in [0, 0.1) is 0 Å². The van der Waals surface area contributed by atoms with E-state index in [1.54, 1.807) is 18.3 Å². The molecule has 0 bridgehead atoms. The Bertz CT molecular complexity index is 907. The number of fused-ring (bicyclic) bond motifs is 1. The van der Waals surface area contributed by atoms with Crippen LogP contribution in [0.1, 0.15) is 22.4 Å². The van der Waals surface area contributed by atoms with Crippen LogP contribution in [0.25, 0.3) is 0 Å². The standard InChI is InChI=1S/C16H14F3N3O2S/c17-16(18,19)12-5-3-11(4-6-12)7-9-22-25(23,24)15-13-2-1-8-20-14(13)10-21-15/h1-6,8,22H,7,9-10H2. The van der Waals surface area contributed by atoms with E-state index in [9.17, 15) is 21.6 Å². The van der Waals surface area contributed by atoms with E-state index < -0.39 is 21.8 Å². The second-order valence-corrected chi connectivity index (χ2v) is 7.14. The maximum Gasteiger partial charge on any atom is 0.416 e. The van der Waals surface area contributed by atoms with Gasteiger partial charge in [0, 0.05) is 18.3 Å². The summed E-state index contributed by atoms with van der Waals surface area (Å²) in [6.07, 6.45) is -2.55. The van der Waals surface area contributed by atoms with Crippen molar-refractivity contribution in [3.05, 3.63) is 65.0 Å². The summed E-state index contributed by atoms with van der Waals surface area (Å²) in [5.41, 5.74) is 0.947. The van der Waals surface area contributed by atoms with Crippen molar-refractivity contribution in [3.63, 3.8) is 0 Å². The predicted octanol–water partition coefficient (Wildman–Crippen LogP) is 2.52. The molecule has 0 aliphatic carbocycles. The molecule has 25 heavy (non-hydrogen) atoms. The van der Waals surface area contributed by atoms with Crippen molar-refractivity contribution in [2.75, 3.05) is 6.54 Å². The number of sulfonamides is 1. The Hall–Kier alpha value is -2.26. The number of rotatable bonds is 4. The SMILES string of the molecule is O=S(=O)(NCCc1ccc(C(F)(F)F)cc1)C1=NCc2ncccc21. The maximum atomic E-state index is 12.5. The van der Waals surface area contributed by atoms with E-state index in [0.29, 0.717) is 16.8 Å². The van der Waals surface area contributed by atoms with Gasteiger partial charge < -0.3 is 0 Å². The van der Waals surface area contributed by atoms with Crippen LogP contribution in [-0.2, 0) is 29.2 Å². The van der Waals surface area contributed by atoms with Gasteiger partial charge in [0.1, 0.15) is 0 Å². The summed E-state index contributed by atoms with van der Waals surface area (Å²) in [6, 6.07) is 7.91. The number of hydrogen-bond donors (Lipinski definition) is 1. The van der Waals surface area contributed by atoms with Crippen LogP contribution in [0.2, 0.25) is 0 Å². The van der Waals surface area contributed by atoms with Crippen molar-refractivity contribution in [1.29, 1.82) is 0 Å². The second kappa shape index (κ2) is 6.57. The molecular weight excluding hydrogens is 355 g/mol. The van der Waals surface area contributed by atoms with Gasteiger partial charge in [-0.2, -0.15) is 13.2 Å². The molecule has 2 aromatic rings. The molecule has 1 aromatic carbocycles. The van der Waals surface area contributed by atoms with Crippen LogP contribution in [-0.4, -0.2) is 25.0 Å². The number of pyridine rings is 1. The largest absolute Gasteiger partial charge is 0.416 e. The van der Waals surface area contributed by atoms with Gasteiger partial charge in [-0.1, -0.05) is 12.1 Å². The van der Waals surface area contributed by atoms with Crippen molar-refractivity contribution >= 4 is 15.1 Å². The van der Waals surface area contributed by atoms with Crippen molar-refractivity contribution in [2.24, 2.45) is 4.99 Å². The summed E-state index contributed by atoms with van der Waals surface area (Å²) in [5.74, 6) is 0. The highest BCUT2D eigenvalue weighted by molar-refractivity contribution is 8.05. The molecule has 1 N–H and O–H groups in total. The quantitative estimate of drug-likeness (QED) is 0.900. The monoisotopic (exact) mass is 369 g/mol. The van der Waals surface area contributed by atoms with Crippen LogP contribution in [0.15, 0.2) is 47.6 Å². The first-order valence-corrected chi connectivity index (χ1v) is 8.90. The Balaban J connectivity index is 1.62. The minimum atomic E-state index is -4.39. The molecule has 0 amide bonds. The Morgan fingerprint density at radius 1 is 1.12 bits per heavy atom. The molecule has 132 valence electrons. The van der Waals surface area contributed by atoms with Gasteiger partial charge in [-0.25, -0.2) is 13.1 Å². The van der Waals surface area contributed by atoms with E-state index >= 15 is 0 Å². The highest BCUT2D eigenvalue weighted by Crippen LogP contribution is 2.29. The van der Waals surface area contributed by atoms with Gasteiger partial charge in [-0.05, 0) is 36.2 Å². The van der Waals surface area contributed by atoms with E-state index in [-0.39, 0.29) is 24.6 Å². The molecule has 0 saturated heterocycles. The van der Waals surface area contributed by atoms with E-state index in [1.165, 1.54) is 12.1 Å². The lowest BCUT2D eigenvalue weighted by molar-refractivity contribution is -0.137. The van der Waals surface area contributed by atoms with Gasteiger partial charge in [-0.3, -0.25) is 9.98 Å². The molecular formula is C16H14F3N3O2S. The average molecular weight is 369 g/mol. The molecule has 0 spiro atoms. The Kier molecular flexibility index (Phi) is 4.61. The number of halogens is 3. The molecule has 0 atom stereocenters. The normalized spacial score (nSPS) is 14.3. The Morgan fingerprint density at radius 3 is 2.52 bits per heavy atom. The van der Waals surface area contributed by atoms with Gasteiger partial charge >= 0.3 is 6.18 Å². The first kappa shape index (κ1) is 17.6. The third-order valence-corrected chi connectivity index (χ3v) is 5.18. The molecule has 5 nitrogen and oxygen atoms in total. The zero-order valence-corrected chi connectivity index (χ0v) is 13.7. The van der Waals surface area contributed by atoms with Crippen molar-refractivity contribution in [2.45, 2.75) is 19.1 Å². The number of benzene rings is 1. The zero-order chi connectivity index (χ0) is 18.1. The number of alkyl halides is 3. The molecule has 1 aromatic heterocycles. The minimum Gasteiger partial charge on any atom is -0.265 e. The number of nitrogens with zero attached hydrogens (tertiary/aromatic N) is 2. The number of nitrogens with one attached hydrogen (secondary N) is 1. The number of aliphatic imine (C=N–C) groups is 1. The van der Waals surface area contributed by atoms with E-state index in [0.717, 1.165) is 12.1 Å². The third kappa shape index (κ3) is 3.88. The summed E-state index contributed by atoms with van der Waals surface area (Å²) in [6.45, 7) is 0.271. The molecule has 0 unspecified atom stereocenters. The van der Waals surface area contributed by atoms with Crippen LogP contribution in [0.5, 0.6) is 0 Å². The Labute approximate surface area is 142 Å². The van der Waals surface area contributed by atoms with Gasteiger partial charge in [0.2, 0.25) is 0 Å². The van der Waals surface area contributed by atoms with Crippen LogP contribution in [0.4, 0.5) is 13.2 Å². The average Bonchev–Trinajstić information content (AvgIpc) is 2.99. The van der Waals surface area contributed by atoms with Gasteiger partial charge in [0.15, 0.2) is 5.04 Å². The third-order valence-electron chi connectivity index (χ3n) is 3.73. The number of hydrogen-bond acceptors (Lipinski definition) is 4. The summed E-state index contributed by atoms with van der Waals surface area (Å²) in [7, 11) is -3.79. The highest BCUT2D eigenvalue weighted by atomic mass is 32.2. The first-order chi connectivity index (χ1) is 11.8. The van der Waals surface area contributed by atoms with Crippen LogP contribution < -0.4 is 4.72 Å². The lowest BCUT2D eigenvalue weighted by Crippen LogP contribution is -2.32. The molecule has 1 aliphatic rings. The maximum absolute atomic E-state index is 12.5. The van der Waals surface area contributed by atoms with Crippen LogP contribution in [0.3, 0.4) is 0 Å². The fraction of sp³-hybridized carbons (Fsp3) is 0.250. The molecule has 2 heterocycles. The Morgan fingerprint density at radius 2 is 1.84 bits per heavy atom. The molecule has 9 heteroatoms. The van der Waals surface area contributed by atoms with E-state index in [4.69, 9.17) is 0 Å². The number of aromatic nitrogens is 1. The lowest BCUT2D eigenvalue weighted by Gasteiger charge is -2.09. The zero-order valence-electron chi connectivity index (χ0n) is 12.9. The van der Waals surface area contributed by atoms with E-state index in [1.807, 2.05) is 0 Å². The van der Waals surface area contributed by atoms with E-state index in [2.05, 4.69) is 14.7 Å². The summed E-state index contributed by atoms with van der Waals surface area (Å²) >= 11 is 0. The van der Waals surface area contributed by atoms with Gasteiger partial charge in [-0.15, -0.1) is 0 Å². The highest BCUT2D eigenvalue weighted by Gasteiger charge is 2.30. The predicted molar refractivity (Wildman–Crippen MR) is 86.5 cm³/mol. The second-order valence-electron chi connectivity index (χ2n) is 5.46. The fourth-order valence-electron chi connectivity index (χ4n) is 2.48. The summed E-state index contributed by atoms with van der Waals surface area (Å²) in [4.78, 5) is 8.10. The molecule has 3 rings (SSSR count). The topological polar surface area (TPSA) is 71.4 Å².